The molecule has 1 aromatic rings. The van der Waals surface area contributed by atoms with Gasteiger partial charge in [0.05, 0.1) is 11.7 Å². The molecule has 5 nitrogen and oxygen atoms in total. The molecule has 0 radical (unpaired) electrons. The molecule has 3 rings (SSSR count). The summed E-state index contributed by atoms with van der Waals surface area (Å²) >= 11 is 0. The molecule has 2 aliphatic rings. The molecule has 0 aromatic carbocycles. The SMILES string of the molecule is Cc1cc(C2CCCN2C(=O)C2CCCCO2)on1. The third kappa shape index (κ3) is 2.52. The van der Waals surface area contributed by atoms with Crippen molar-refractivity contribution in [3.63, 3.8) is 0 Å². The van der Waals surface area contributed by atoms with Gasteiger partial charge in [0.25, 0.3) is 5.91 Å². The van der Waals surface area contributed by atoms with Gasteiger partial charge >= 0.3 is 0 Å². The van der Waals surface area contributed by atoms with Crippen LogP contribution in [0.3, 0.4) is 0 Å². The summed E-state index contributed by atoms with van der Waals surface area (Å²) in [5.74, 6) is 0.926. The van der Waals surface area contributed by atoms with Crippen molar-refractivity contribution in [3.8, 4) is 0 Å². The molecule has 0 N–H and O–H groups in total. The number of aromatic nitrogens is 1. The molecule has 2 atom stereocenters. The molecule has 19 heavy (non-hydrogen) atoms. The summed E-state index contributed by atoms with van der Waals surface area (Å²) in [6.45, 7) is 3.40. The van der Waals surface area contributed by atoms with Crippen LogP contribution in [0.25, 0.3) is 0 Å². The summed E-state index contributed by atoms with van der Waals surface area (Å²) in [6.07, 6.45) is 4.71. The Morgan fingerprint density at radius 3 is 2.95 bits per heavy atom. The molecular formula is C14H20N2O3. The number of carbonyl (C=O) groups is 1. The number of aryl methyl sites for hydroxylation is 1. The van der Waals surface area contributed by atoms with E-state index in [9.17, 15) is 4.79 Å². The van der Waals surface area contributed by atoms with Gasteiger partial charge in [-0.15, -0.1) is 0 Å². The first-order chi connectivity index (χ1) is 9.25. The minimum absolute atomic E-state index is 0.0410. The average molecular weight is 264 g/mol. The third-order valence-electron chi connectivity index (χ3n) is 3.97. The topological polar surface area (TPSA) is 55.6 Å². The zero-order valence-electron chi connectivity index (χ0n) is 11.3. The summed E-state index contributed by atoms with van der Waals surface area (Å²) in [4.78, 5) is 14.4. The van der Waals surface area contributed by atoms with Gasteiger partial charge in [0.15, 0.2) is 5.76 Å². The van der Waals surface area contributed by atoms with Crippen LogP contribution in [0.4, 0.5) is 0 Å². The van der Waals surface area contributed by atoms with Crippen LogP contribution in [-0.2, 0) is 9.53 Å². The molecule has 2 unspecified atom stereocenters. The number of rotatable bonds is 2. The van der Waals surface area contributed by atoms with Gasteiger partial charge in [-0.2, -0.15) is 0 Å². The number of likely N-dealkylation sites (tertiary alicyclic amines) is 1. The number of nitrogens with zero attached hydrogens (tertiary/aromatic N) is 2. The van der Waals surface area contributed by atoms with Crippen LogP contribution in [0.2, 0.25) is 0 Å². The van der Waals surface area contributed by atoms with Crippen LogP contribution < -0.4 is 0 Å². The Balaban J connectivity index is 1.73. The summed E-state index contributed by atoms with van der Waals surface area (Å²) in [6, 6.07) is 1.97. The Morgan fingerprint density at radius 2 is 2.26 bits per heavy atom. The van der Waals surface area contributed by atoms with Crippen LogP contribution in [0.1, 0.15) is 49.6 Å². The number of carbonyl (C=O) groups excluding carboxylic acids is 1. The summed E-state index contributed by atoms with van der Waals surface area (Å²) in [7, 11) is 0. The molecule has 0 spiro atoms. The monoisotopic (exact) mass is 264 g/mol. The fourth-order valence-corrected chi connectivity index (χ4v) is 2.99. The van der Waals surface area contributed by atoms with E-state index in [4.69, 9.17) is 9.26 Å². The van der Waals surface area contributed by atoms with Crippen molar-refractivity contribution in [2.45, 2.75) is 51.2 Å². The Morgan fingerprint density at radius 1 is 1.37 bits per heavy atom. The van der Waals surface area contributed by atoms with Crippen LogP contribution in [0.5, 0.6) is 0 Å². The predicted molar refractivity (Wildman–Crippen MR) is 68.5 cm³/mol. The minimum Gasteiger partial charge on any atom is -0.368 e. The summed E-state index contributed by atoms with van der Waals surface area (Å²) in [5.41, 5.74) is 0.864. The van der Waals surface area contributed by atoms with Crippen molar-refractivity contribution in [2.24, 2.45) is 0 Å². The molecule has 2 aliphatic heterocycles. The maximum atomic E-state index is 12.5. The fraction of sp³-hybridized carbons (Fsp3) is 0.714. The van der Waals surface area contributed by atoms with Crippen molar-refractivity contribution in [2.75, 3.05) is 13.2 Å². The highest BCUT2D eigenvalue weighted by Crippen LogP contribution is 2.33. The predicted octanol–water partition coefficient (Wildman–Crippen LogP) is 2.22. The molecule has 2 fully saturated rings. The van der Waals surface area contributed by atoms with Gasteiger partial charge in [0, 0.05) is 19.2 Å². The molecule has 1 amide bonds. The molecule has 0 bridgehead atoms. The Hall–Kier alpha value is -1.36. The van der Waals surface area contributed by atoms with Crippen molar-refractivity contribution < 1.29 is 14.1 Å². The first-order valence-corrected chi connectivity index (χ1v) is 7.11. The van der Waals surface area contributed by atoms with E-state index in [0.29, 0.717) is 6.61 Å². The second-order valence-corrected chi connectivity index (χ2v) is 5.42. The van der Waals surface area contributed by atoms with Gasteiger partial charge in [-0.05, 0) is 39.0 Å². The summed E-state index contributed by atoms with van der Waals surface area (Å²) < 4.78 is 10.9. The lowest BCUT2D eigenvalue weighted by atomic mass is 10.1. The maximum Gasteiger partial charge on any atom is 0.252 e. The van der Waals surface area contributed by atoms with Crippen molar-refractivity contribution in [1.29, 1.82) is 0 Å². The average Bonchev–Trinajstić information content (AvgIpc) is 3.07. The zero-order chi connectivity index (χ0) is 13.2. The maximum absolute atomic E-state index is 12.5. The standard InChI is InChI=1S/C14H20N2O3/c1-10-9-13(19-15-10)11-5-4-7-16(11)14(17)12-6-2-3-8-18-12/h9,11-12H,2-8H2,1H3. The third-order valence-corrected chi connectivity index (χ3v) is 3.97. The smallest absolute Gasteiger partial charge is 0.252 e. The van der Waals surface area contributed by atoms with E-state index >= 15 is 0 Å². The van der Waals surface area contributed by atoms with Gasteiger partial charge in [-0.25, -0.2) is 0 Å². The molecule has 1 aromatic heterocycles. The Labute approximate surface area is 112 Å². The summed E-state index contributed by atoms with van der Waals surface area (Å²) in [5, 5.41) is 3.92. The Kier molecular flexibility index (Phi) is 3.55. The molecule has 0 aliphatic carbocycles. The van der Waals surface area contributed by atoms with E-state index in [1.165, 1.54) is 0 Å². The molecule has 5 heteroatoms. The van der Waals surface area contributed by atoms with Crippen LogP contribution >= 0.6 is 0 Å². The largest absolute Gasteiger partial charge is 0.368 e. The fourth-order valence-electron chi connectivity index (χ4n) is 2.99. The second-order valence-electron chi connectivity index (χ2n) is 5.42. The lowest BCUT2D eigenvalue weighted by Gasteiger charge is -2.29. The highest BCUT2D eigenvalue weighted by atomic mass is 16.5. The van der Waals surface area contributed by atoms with E-state index in [0.717, 1.165) is 50.1 Å². The second kappa shape index (κ2) is 5.33. The number of hydrogen-bond acceptors (Lipinski definition) is 4. The van der Waals surface area contributed by atoms with Crippen molar-refractivity contribution >= 4 is 5.91 Å². The highest BCUT2D eigenvalue weighted by molar-refractivity contribution is 5.81. The van der Waals surface area contributed by atoms with E-state index in [2.05, 4.69) is 5.16 Å². The van der Waals surface area contributed by atoms with E-state index in [-0.39, 0.29) is 18.1 Å². The molecular weight excluding hydrogens is 244 g/mol. The Bertz CT molecular complexity index is 451. The lowest BCUT2D eigenvalue weighted by Crippen LogP contribution is -2.41. The normalized spacial score (nSPS) is 27.7. The first kappa shape index (κ1) is 12.7. The van der Waals surface area contributed by atoms with Crippen LogP contribution in [0.15, 0.2) is 10.6 Å². The molecule has 3 heterocycles. The van der Waals surface area contributed by atoms with Crippen molar-refractivity contribution in [1.82, 2.24) is 10.1 Å². The van der Waals surface area contributed by atoms with Gasteiger partial charge < -0.3 is 14.2 Å². The van der Waals surface area contributed by atoms with E-state index < -0.39 is 0 Å². The highest BCUT2D eigenvalue weighted by Gasteiger charge is 2.36. The van der Waals surface area contributed by atoms with Crippen molar-refractivity contribution in [3.05, 3.63) is 17.5 Å². The zero-order valence-corrected chi connectivity index (χ0v) is 11.3. The van der Waals surface area contributed by atoms with Crippen LogP contribution in [0, 0.1) is 6.92 Å². The number of amides is 1. The van der Waals surface area contributed by atoms with E-state index in [1.807, 2.05) is 17.9 Å². The molecule has 2 saturated heterocycles. The minimum atomic E-state index is -0.252. The number of ether oxygens (including phenoxy) is 1. The molecule has 0 saturated carbocycles. The van der Waals surface area contributed by atoms with Gasteiger partial charge in [-0.3, -0.25) is 4.79 Å². The van der Waals surface area contributed by atoms with E-state index in [1.54, 1.807) is 0 Å². The van der Waals surface area contributed by atoms with Gasteiger partial charge in [0.1, 0.15) is 6.10 Å². The lowest BCUT2D eigenvalue weighted by molar-refractivity contribution is -0.147. The number of hydrogen-bond donors (Lipinski definition) is 0. The first-order valence-electron chi connectivity index (χ1n) is 7.11. The molecule has 104 valence electrons. The van der Waals surface area contributed by atoms with Crippen LogP contribution in [-0.4, -0.2) is 35.2 Å². The van der Waals surface area contributed by atoms with Gasteiger partial charge in [-0.1, -0.05) is 5.16 Å². The van der Waals surface area contributed by atoms with Gasteiger partial charge in [0.2, 0.25) is 0 Å². The quantitative estimate of drug-likeness (QED) is 0.822.